The average molecular weight is 387 g/mol. The molecular formula is C23H30FNO3. The van der Waals surface area contributed by atoms with Gasteiger partial charge in [-0.25, -0.2) is 4.39 Å². The Labute approximate surface area is 166 Å². The number of likely N-dealkylation sites (N-methyl/N-ethyl adjacent to an activating group) is 1. The molecule has 1 aliphatic rings. The Morgan fingerprint density at radius 3 is 2.54 bits per heavy atom. The number of ether oxygens (including phenoxy) is 2. The Morgan fingerprint density at radius 1 is 1.18 bits per heavy atom. The Morgan fingerprint density at radius 2 is 1.89 bits per heavy atom. The van der Waals surface area contributed by atoms with Gasteiger partial charge in [0, 0.05) is 0 Å². The Kier molecular flexibility index (Phi) is 6.08. The van der Waals surface area contributed by atoms with Gasteiger partial charge in [0.2, 0.25) is 0 Å². The number of aliphatic hydroxyl groups is 1. The minimum absolute atomic E-state index is 0.0170. The zero-order chi connectivity index (χ0) is 20.4. The van der Waals surface area contributed by atoms with E-state index in [1.807, 2.05) is 38.4 Å². The molecule has 0 aliphatic heterocycles. The summed E-state index contributed by atoms with van der Waals surface area (Å²) in [6.45, 7) is 2.52. The molecule has 1 fully saturated rings. The highest BCUT2D eigenvalue weighted by Crippen LogP contribution is 2.48. The van der Waals surface area contributed by atoms with Crippen LogP contribution >= 0.6 is 0 Å². The molecule has 5 heteroatoms. The fraction of sp³-hybridized carbons (Fsp3) is 0.478. The van der Waals surface area contributed by atoms with Crippen molar-refractivity contribution in [2.45, 2.75) is 50.0 Å². The van der Waals surface area contributed by atoms with Gasteiger partial charge in [0.1, 0.15) is 17.2 Å². The van der Waals surface area contributed by atoms with Gasteiger partial charge in [0.15, 0.2) is 0 Å². The van der Waals surface area contributed by atoms with Crippen LogP contribution in [0.1, 0.15) is 37.3 Å². The van der Waals surface area contributed by atoms with Crippen LogP contribution in [0.2, 0.25) is 0 Å². The van der Waals surface area contributed by atoms with Crippen molar-refractivity contribution in [3.8, 4) is 5.75 Å². The summed E-state index contributed by atoms with van der Waals surface area (Å²) < 4.78 is 24.6. The van der Waals surface area contributed by atoms with Crippen LogP contribution in [0.25, 0.3) is 0 Å². The van der Waals surface area contributed by atoms with Crippen molar-refractivity contribution >= 4 is 0 Å². The van der Waals surface area contributed by atoms with E-state index in [9.17, 15) is 9.50 Å². The molecular weight excluding hydrogens is 357 g/mol. The molecule has 152 valence electrons. The van der Waals surface area contributed by atoms with Crippen LogP contribution in [0.15, 0.2) is 48.5 Å². The van der Waals surface area contributed by atoms with Crippen molar-refractivity contribution in [2.24, 2.45) is 0 Å². The van der Waals surface area contributed by atoms with Gasteiger partial charge in [-0.15, -0.1) is 0 Å². The molecule has 28 heavy (non-hydrogen) atoms. The number of rotatable bonds is 6. The lowest BCUT2D eigenvalue weighted by atomic mass is 9.65. The number of nitrogens with zero attached hydrogens (tertiary/aromatic N) is 1. The summed E-state index contributed by atoms with van der Waals surface area (Å²) >= 11 is 0. The maximum absolute atomic E-state index is 13.1. The topological polar surface area (TPSA) is 41.9 Å². The second kappa shape index (κ2) is 8.19. The SMILES string of the molecule is COc1cccc([C@@]2(O)CCC(OCc3ccc(F)cc3)CC2(C)N(C)C)c1. The summed E-state index contributed by atoms with van der Waals surface area (Å²) in [4.78, 5) is 2.08. The highest BCUT2D eigenvalue weighted by atomic mass is 19.1. The molecule has 4 nitrogen and oxygen atoms in total. The zero-order valence-corrected chi connectivity index (χ0v) is 17.1. The highest BCUT2D eigenvalue weighted by molar-refractivity contribution is 5.35. The monoisotopic (exact) mass is 387 g/mol. The van der Waals surface area contributed by atoms with Gasteiger partial charge < -0.3 is 19.5 Å². The van der Waals surface area contributed by atoms with E-state index in [0.29, 0.717) is 19.4 Å². The van der Waals surface area contributed by atoms with E-state index >= 15 is 0 Å². The van der Waals surface area contributed by atoms with Crippen LogP contribution in [0.5, 0.6) is 5.75 Å². The number of hydrogen-bond donors (Lipinski definition) is 1. The van der Waals surface area contributed by atoms with Gasteiger partial charge >= 0.3 is 0 Å². The van der Waals surface area contributed by atoms with Crippen molar-refractivity contribution in [1.29, 1.82) is 0 Å². The molecule has 0 bridgehead atoms. The van der Waals surface area contributed by atoms with E-state index in [1.54, 1.807) is 19.2 Å². The smallest absolute Gasteiger partial charge is 0.123 e. The van der Waals surface area contributed by atoms with Crippen molar-refractivity contribution in [2.75, 3.05) is 21.2 Å². The van der Waals surface area contributed by atoms with Crippen molar-refractivity contribution < 1.29 is 19.0 Å². The first-order valence-electron chi connectivity index (χ1n) is 9.69. The number of hydrogen-bond acceptors (Lipinski definition) is 4. The maximum Gasteiger partial charge on any atom is 0.123 e. The lowest BCUT2D eigenvalue weighted by molar-refractivity contribution is -0.159. The highest BCUT2D eigenvalue weighted by Gasteiger charge is 2.53. The van der Waals surface area contributed by atoms with E-state index in [2.05, 4.69) is 11.8 Å². The first-order valence-corrected chi connectivity index (χ1v) is 9.69. The summed E-state index contributed by atoms with van der Waals surface area (Å²) in [7, 11) is 5.62. The predicted molar refractivity (Wildman–Crippen MR) is 108 cm³/mol. The zero-order valence-electron chi connectivity index (χ0n) is 17.1. The van der Waals surface area contributed by atoms with Gasteiger partial charge in [-0.1, -0.05) is 24.3 Å². The van der Waals surface area contributed by atoms with Crippen molar-refractivity contribution in [1.82, 2.24) is 4.90 Å². The molecule has 0 saturated heterocycles. The van der Waals surface area contributed by atoms with Crippen LogP contribution in [0, 0.1) is 5.82 Å². The van der Waals surface area contributed by atoms with E-state index in [1.165, 1.54) is 12.1 Å². The predicted octanol–water partition coefficient (Wildman–Crippen LogP) is 4.11. The quantitative estimate of drug-likeness (QED) is 0.810. The molecule has 1 saturated carbocycles. The molecule has 0 spiro atoms. The molecule has 2 unspecified atom stereocenters. The Hall–Kier alpha value is -1.95. The van der Waals surface area contributed by atoms with Gasteiger partial charge in [-0.05, 0) is 75.7 Å². The summed E-state index contributed by atoms with van der Waals surface area (Å²) in [6.07, 6.45) is 2.04. The molecule has 0 heterocycles. The third-order valence-corrected chi connectivity index (χ3v) is 6.28. The normalized spacial score (nSPS) is 27.8. The third kappa shape index (κ3) is 3.93. The molecule has 0 aromatic heterocycles. The van der Waals surface area contributed by atoms with Gasteiger partial charge in [-0.3, -0.25) is 0 Å². The number of benzene rings is 2. The number of methoxy groups -OCH3 is 1. The van der Waals surface area contributed by atoms with Crippen molar-refractivity contribution in [3.63, 3.8) is 0 Å². The van der Waals surface area contributed by atoms with E-state index in [-0.39, 0.29) is 11.9 Å². The van der Waals surface area contributed by atoms with E-state index in [0.717, 1.165) is 23.3 Å². The molecule has 0 amide bonds. The minimum Gasteiger partial charge on any atom is -0.497 e. The summed E-state index contributed by atoms with van der Waals surface area (Å²) in [5.74, 6) is 0.492. The summed E-state index contributed by atoms with van der Waals surface area (Å²) in [5, 5.41) is 11.8. The fourth-order valence-electron chi connectivity index (χ4n) is 4.18. The van der Waals surface area contributed by atoms with Crippen LogP contribution in [0.3, 0.4) is 0 Å². The lowest BCUT2D eigenvalue weighted by Crippen LogP contribution is -2.62. The van der Waals surface area contributed by atoms with Crippen LogP contribution in [-0.2, 0) is 16.9 Å². The van der Waals surface area contributed by atoms with Crippen molar-refractivity contribution in [3.05, 3.63) is 65.5 Å². The van der Waals surface area contributed by atoms with E-state index in [4.69, 9.17) is 9.47 Å². The maximum atomic E-state index is 13.1. The second-order valence-corrected chi connectivity index (χ2v) is 8.06. The van der Waals surface area contributed by atoms with Crippen LogP contribution in [-0.4, -0.2) is 42.9 Å². The van der Waals surface area contributed by atoms with Crippen LogP contribution in [0.4, 0.5) is 4.39 Å². The van der Waals surface area contributed by atoms with Gasteiger partial charge in [0.05, 0.1) is 25.4 Å². The molecule has 2 aromatic carbocycles. The lowest BCUT2D eigenvalue weighted by Gasteiger charge is -2.54. The summed E-state index contributed by atoms with van der Waals surface area (Å²) in [6, 6.07) is 14.1. The molecule has 3 rings (SSSR count). The van der Waals surface area contributed by atoms with Crippen LogP contribution < -0.4 is 4.74 Å². The third-order valence-electron chi connectivity index (χ3n) is 6.28. The standard InChI is InChI=1S/C23H30FNO3/c1-22(25(2)3)15-21(28-16-17-8-10-19(24)11-9-17)12-13-23(22,26)18-6-5-7-20(14-18)27-4/h5-11,14,21,26H,12-13,15-16H2,1-4H3/t21?,22?,23-/m0/s1. The minimum atomic E-state index is -1.01. The molecule has 1 N–H and O–H groups in total. The average Bonchev–Trinajstić information content (AvgIpc) is 2.70. The first kappa shape index (κ1) is 20.8. The Balaban J connectivity index is 1.79. The van der Waals surface area contributed by atoms with E-state index < -0.39 is 11.1 Å². The first-order chi connectivity index (χ1) is 13.3. The molecule has 1 aliphatic carbocycles. The van der Waals surface area contributed by atoms with Gasteiger partial charge in [0.25, 0.3) is 0 Å². The fourth-order valence-corrected chi connectivity index (χ4v) is 4.18. The second-order valence-electron chi connectivity index (χ2n) is 8.06. The summed E-state index contributed by atoms with van der Waals surface area (Å²) in [5.41, 5.74) is 0.285. The number of halogens is 1. The molecule has 0 radical (unpaired) electrons. The van der Waals surface area contributed by atoms with Gasteiger partial charge in [-0.2, -0.15) is 0 Å². The molecule has 2 aromatic rings. The Bertz CT molecular complexity index is 795. The largest absolute Gasteiger partial charge is 0.497 e. The molecule has 3 atom stereocenters.